The van der Waals surface area contributed by atoms with Crippen molar-refractivity contribution in [1.82, 2.24) is 19.8 Å². The predicted molar refractivity (Wildman–Crippen MR) is 132 cm³/mol. The fourth-order valence-corrected chi connectivity index (χ4v) is 5.45. The molecule has 0 radical (unpaired) electrons. The molecule has 0 fully saturated rings. The minimum atomic E-state index is -4.36. The summed E-state index contributed by atoms with van der Waals surface area (Å²) in [6.07, 6.45) is 0.120. The van der Waals surface area contributed by atoms with Gasteiger partial charge in [-0.15, -0.1) is 0 Å². The number of carbonyl (C=O) groups excluding carboxylic acids is 2. The van der Waals surface area contributed by atoms with Gasteiger partial charge in [-0.3, -0.25) is 9.48 Å². The van der Waals surface area contributed by atoms with Crippen LogP contribution in [-0.2, 0) is 28.3 Å². The number of rotatable bonds is 7. The number of hydrogen-bond donors (Lipinski definition) is 2. The first-order chi connectivity index (χ1) is 17.1. The molecular weight excluding hydrogens is 510 g/mol. The Labute approximate surface area is 213 Å². The molecule has 11 nitrogen and oxygen atoms in total. The lowest BCUT2D eigenvalue weighted by atomic mass is 10.0. The van der Waals surface area contributed by atoms with Crippen LogP contribution >= 0.6 is 11.6 Å². The molecule has 1 atom stereocenters. The summed E-state index contributed by atoms with van der Waals surface area (Å²) in [5, 5.41) is 6.31. The van der Waals surface area contributed by atoms with Gasteiger partial charge in [-0.25, -0.2) is 17.9 Å². The molecular formula is C23H24ClN5O6S. The quantitative estimate of drug-likeness (QED) is 0.476. The van der Waals surface area contributed by atoms with E-state index >= 15 is 0 Å². The third kappa shape index (κ3) is 5.24. The standard InChI is InChI=1S/C23H24ClN5O6S/c1-14-20(21(24)29(3)26-14)36(32,33)27-23(31)25-17(11-15-7-5-4-6-8-15)22(30)28(2)16-9-10-18-19(12-16)35-13-34-18/h4-10,12,17H,11,13H2,1-3H3,(H2,25,27,31)/t17-/m0/s1. The fourth-order valence-electron chi connectivity index (χ4n) is 3.78. The maximum atomic E-state index is 13.5. The minimum Gasteiger partial charge on any atom is -0.454 e. The number of anilines is 1. The monoisotopic (exact) mass is 533 g/mol. The van der Waals surface area contributed by atoms with Crippen molar-refractivity contribution < 1.29 is 27.5 Å². The van der Waals surface area contributed by atoms with Gasteiger partial charge in [-0.05, 0) is 24.6 Å². The van der Waals surface area contributed by atoms with Gasteiger partial charge in [-0.2, -0.15) is 5.10 Å². The highest BCUT2D eigenvalue weighted by Crippen LogP contribution is 2.35. The Hall–Kier alpha value is -3.77. The number of benzene rings is 2. The van der Waals surface area contributed by atoms with Crippen molar-refractivity contribution in [1.29, 1.82) is 0 Å². The maximum Gasteiger partial charge on any atom is 0.329 e. The van der Waals surface area contributed by atoms with E-state index in [0.29, 0.717) is 17.2 Å². The highest BCUT2D eigenvalue weighted by Gasteiger charge is 2.31. The van der Waals surface area contributed by atoms with E-state index in [4.69, 9.17) is 21.1 Å². The van der Waals surface area contributed by atoms with Gasteiger partial charge in [0.25, 0.3) is 10.0 Å². The normalized spacial score (nSPS) is 13.2. The van der Waals surface area contributed by atoms with E-state index in [1.807, 2.05) is 10.8 Å². The van der Waals surface area contributed by atoms with Crippen molar-refractivity contribution in [2.75, 3.05) is 18.7 Å². The average Bonchev–Trinajstić information content (AvgIpc) is 3.40. The lowest BCUT2D eigenvalue weighted by Gasteiger charge is -2.25. The summed E-state index contributed by atoms with van der Waals surface area (Å²) in [5.74, 6) is 0.584. The zero-order chi connectivity index (χ0) is 26.0. The Morgan fingerprint density at radius 3 is 2.53 bits per heavy atom. The zero-order valence-electron chi connectivity index (χ0n) is 19.7. The molecule has 190 valence electrons. The Kier molecular flexibility index (Phi) is 7.09. The Morgan fingerprint density at radius 1 is 1.17 bits per heavy atom. The number of halogens is 1. The number of nitrogens with one attached hydrogen (secondary N) is 2. The van der Waals surface area contributed by atoms with Gasteiger partial charge in [0.15, 0.2) is 11.5 Å². The molecule has 0 saturated heterocycles. The Morgan fingerprint density at radius 2 is 1.86 bits per heavy atom. The first kappa shape index (κ1) is 25.3. The first-order valence-corrected chi connectivity index (χ1v) is 12.7. The number of amides is 3. The minimum absolute atomic E-state index is 0.0870. The van der Waals surface area contributed by atoms with Gasteiger partial charge in [0.05, 0.1) is 5.69 Å². The van der Waals surface area contributed by atoms with Crippen LogP contribution in [0.25, 0.3) is 0 Å². The van der Waals surface area contributed by atoms with Crippen LogP contribution in [0.5, 0.6) is 11.5 Å². The molecule has 4 rings (SSSR count). The lowest BCUT2D eigenvalue weighted by molar-refractivity contribution is -0.120. The van der Waals surface area contributed by atoms with Crippen molar-refractivity contribution in [2.24, 2.45) is 7.05 Å². The summed E-state index contributed by atoms with van der Waals surface area (Å²) in [4.78, 5) is 27.3. The fraction of sp³-hybridized carbons (Fsp3) is 0.261. The molecule has 0 aliphatic carbocycles. The smallest absolute Gasteiger partial charge is 0.329 e. The van der Waals surface area contributed by atoms with Crippen molar-refractivity contribution in [3.63, 3.8) is 0 Å². The maximum absolute atomic E-state index is 13.5. The van der Waals surface area contributed by atoms with Gasteiger partial charge in [0, 0.05) is 32.3 Å². The van der Waals surface area contributed by atoms with E-state index in [1.165, 1.54) is 23.6 Å². The van der Waals surface area contributed by atoms with Crippen LogP contribution in [0.3, 0.4) is 0 Å². The highest BCUT2D eigenvalue weighted by molar-refractivity contribution is 7.90. The zero-order valence-corrected chi connectivity index (χ0v) is 21.3. The number of ether oxygens (including phenoxy) is 2. The van der Waals surface area contributed by atoms with Crippen molar-refractivity contribution in [3.05, 3.63) is 64.9 Å². The SMILES string of the molecule is Cc1nn(C)c(Cl)c1S(=O)(=O)NC(=O)N[C@@H](Cc1ccccc1)C(=O)N(C)c1ccc2c(c1)OCO2. The van der Waals surface area contributed by atoms with Crippen molar-refractivity contribution >= 4 is 39.2 Å². The highest BCUT2D eigenvalue weighted by atomic mass is 35.5. The van der Waals surface area contributed by atoms with Crippen LogP contribution < -0.4 is 24.4 Å². The summed E-state index contributed by atoms with van der Waals surface area (Å²) >= 11 is 6.06. The molecule has 0 saturated carbocycles. The number of fused-ring (bicyclic) bond motifs is 1. The van der Waals surface area contributed by atoms with Crippen LogP contribution in [0.1, 0.15) is 11.3 Å². The topological polar surface area (TPSA) is 132 Å². The Balaban J connectivity index is 1.56. The van der Waals surface area contributed by atoms with Crippen LogP contribution in [0.4, 0.5) is 10.5 Å². The van der Waals surface area contributed by atoms with Gasteiger partial charge >= 0.3 is 6.03 Å². The molecule has 0 bridgehead atoms. The van der Waals surface area contributed by atoms with Crippen molar-refractivity contribution in [3.8, 4) is 11.5 Å². The number of aromatic nitrogens is 2. The number of sulfonamides is 1. The van der Waals surface area contributed by atoms with Crippen LogP contribution in [0.2, 0.25) is 5.15 Å². The molecule has 0 spiro atoms. The molecule has 36 heavy (non-hydrogen) atoms. The molecule has 1 aromatic heterocycles. The van der Waals surface area contributed by atoms with E-state index in [-0.39, 0.29) is 29.0 Å². The van der Waals surface area contributed by atoms with Crippen molar-refractivity contribution in [2.45, 2.75) is 24.3 Å². The van der Waals surface area contributed by atoms with E-state index in [2.05, 4.69) is 10.4 Å². The van der Waals surface area contributed by atoms with Gasteiger partial charge in [0.2, 0.25) is 12.7 Å². The van der Waals surface area contributed by atoms with Crippen LogP contribution in [-0.4, -0.2) is 50.0 Å². The second-order valence-corrected chi connectivity index (χ2v) is 10.1. The average molecular weight is 534 g/mol. The molecule has 0 unspecified atom stereocenters. The summed E-state index contributed by atoms with van der Waals surface area (Å²) in [5.41, 5.74) is 1.40. The van der Waals surface area contributed by atoms with Gasteiger partial charge in [0.1, 0.15) is 16.1 Å². The molecule has 2 N–H and O–H groups in total. The van der Waals surface area contributed by atoms with Crippen LogP contribution in [0.15, 0.2) is 53.4 Å². The number of urea groups is 1. The van der Waals surface area contributed by atoms with E-state index in [0.717, 1.165) is 5.56 Å². The van der Waals surface area contributed by atoms with Crippen LogP contribution in [0, 0.1) is 6.92 Å². The first-order valence-electron chi connectivity index (χ1n) is 10.8. The summed E-state index contributed by atoms with van der Waals surface area (Å²) < 4.78 is 39.5. The third-order valence-electron chi connectivity index (χ3n) is 5.56. The van der Waals surface area contributed by atoms with E-state index in [9.17, 15) is 18.0 Å². The van der Waals surface area contributed by atoms with E-state index in [1.54, 1.807) is 49.5 Å². The van der Waals surface area contributed by atoms with Gasteiger partial charge in [-0.1, -0.05) is 41.9 Å². The molecule has 2 aromatic carbocycles. The molecule has 1 aliphatic heterocycles. The summed E-state index contributed by atoms with van der Waals surface area (Å²) in [7, 11) is -1.33. The summed E-state index contributed by atoms with van der Waals surface area (Å²) in [6.45, 7) is 1.55. The molecule has 1 aliphatic rings. The second-order valence-electron chi connectivity index (χ2n) is 8.09. The van der Waals surface area contributed by atoms with E-state index < -0.39 is 28.0 Å². The number of hydrogen-bond acceptors (Lipinski definition) is 7. The number of likely N-dealkylation sites (N-methyl/N-ethyl adjacent to an activating group) is 1. The third-order valence-corrected chi connectivity index (χ3v) is 7.58. The second kappa shape index (κ2) is 10.1. The lowest BCUT2D eigenvalue weighted by Crippen LogP contribution is -2.52. The molecule has 3 amide bonds. The number of nitrogens with zero attached hydrogens (tertiary/aromatic N) is 3. The molecule has 3 aromatic rings. The summed E-state index contributed by atoms with van der Waals surface area (Å²) in [6, 6.07) is 11.9. The molecule has 2 heterocycles. The number of aryl methyl sites for hydroxylation is 2. The predicted octanol–water partition coefficient (Wildman–Crippen LogP) is 2.37. The largest absolute Gasteiger partial charge is 0.454 e. The molecule has 13 heteroatoms. The number of carbonyl (C=O) groups is 2. The Bertz CT molecular complexity index is 1410. The van der Waals surface area contributed by atoms with Gasteiger partial charge < -0.3 is 19.7 Å².